The molecule has 1 N–H and O–H groups in total. The van der Waals surface area contributed by atoms with Crippen molar-refractivity contribution in [1.82, 2.24) is 0 Å². The molecule has 0 saturated heterocycles. The minimum absolute atomic E-state index is 0.266. The lowest BCUT2D eigenvalue weighted by Crippen LogP contribution is -1.90. The van der Waals surface area contributed by atoms with Crippen LogP contribution >= 0.6 is 8.03 Å². The Kier molecular flexibility index (Phi) is 7.93. The molecule has 3 heteroatoms. The number of rotatable bonds is 9. The molecular weight excluding hydrogens is 255 g/mol. The van der Waals surface area contributed by atoms with Crippen LogP contribution in [0.5, 0.6) is 0 Å². The second-order valence-electron chi connectivity index (χ2n) is 5.24. The first-order chi connectivity index (χ1) is 9.15. The van der Waals surface area contributed by atoms with Crippen molar-refractivity contribution in [3.05, 3.63) is 35.4 Å². The van der Waals surface area contributed by atoms with Crippen LogP contribution < -0.4 is 0 Å². The Hall–Kier alpha value is -0.720. The van der Waals surface area contributed by atoms with Gasteiger partial charge in [0.15, 0.2) is 0 Å². The smallest absolute Gasteiger partial charge is 0.160 e. The monoisotopic (exact) mass is 281 g/mol. The highest BCUT2D eigenvalue weighted by Crippen LogP contribution is 2.36. The largest absolute Gasteiger partial charge is 0.513 e. The third-order valence-electron chi connectivity index (χ3n) is 3.61. The van der Waals surface area contributed by atoms with Crippen molar-refractivity contribution in [3.8, 4) is 0 Å². The molecule has 0 fully saturated rings. The highest BCUT2D eigenvalue weighted by Gasteiger charge is 2.24. The van der Waals surface area contributed by atoms with Gasteiger partial charge in [0.2, 0.25) is 5.66 Å². The fourth-order valence-electron chi connectivity index (χ4n) is 2.20. The Balaban J connectivity index is 2.30. The average Bonchev–Trinajstić information content (AvgIpc) is 2.42. The fraction of sp³-hybridized carbons (Fsp3) is 0.625. The summed E-state index contributed by atoms with van der Waals surface area (Å²) < 4.78 is 11.0. The van der Waals surface area contributed by atoms with Crippen LogP contribution in [0.2, 0.25) is 0 Å². The van der Waals surface area contributed by atoms with Crippen molar-refractivity contribution in [2.75, 3.05) is 0 Å². The summed E-state index contributed by atoms with van der Waals surface area (Å²) in [6.45, 7) is 4.03. The van der Waals surface area contributed by atoms with E-state index in [1.165, 1.54) is 44.1 Å². The van der Waals surface area contributed by atoms with Crippen LogP contribution in [0.25, 0.3) is 0 Å². The molecule has 2 nitrogen and oxygen atoms in total. The second kappa shape index (κ2) is 9.23. The summed E-state index contributed by atoms with van der Waals surface area (Å²) in [5.41, 5.74) is 2.02. The molecule has 1 rings (SSSR count). The summed E-state index contributed by atoms with van der Waals surface area (Å²) in [5, 5.41) is 0. The minimum Gasteiger partial charge on any atom is -0.160 e. The summed E-state index contributed by atoms with van der Waals surface area (Å²) in [5.74, 6) is 0. The zero-order valence-corrected chi connectivity index (χ0v) is 13.0. The zero-order chi connectivity index (χ0) is 14.1. The van der Waals surface area contributed by atoms with Crippen molar-refractivity contribution in [2.24, 2.45) is 0 Å². The fourth-order valence-corrected chi connectivity index (χ4v) is 2.63. The molecule has 2 unspecified atom stereocenters. The molecule has 0 aliphatic rings. The second-order valence-corrected chi connectivity index (χ2v) is 6.62. The molecule has 0 bridgehead atoms. The Bertz CT molecular complexity index is 373. The molecular formula is C16H26O2P+. The molecule has 0 aliphatic carbocycles. The quantitative estimate of drug-likeness (QED) is 0.487. The SMILES string of the molecule is CCCCCCCCc1ccc(C(C)[P+](=O)O)cc1. The Morgan fingerprint density at radius 3 is 2.21 bits per heavy atom. The van der Waals surface area contributed by atoms with Crippen molar-refractivity contribution in [3.63, 3.8) is 0 Å². The summed E-state index contributed by atoms with van der Waals surface area (Å²) in [4.78, 5) is 9.10. The van der Waals surface area contributed by atoms with Crippen molar-refractivity contribution < 1.29 is 9.46 Å². The lowest BCUT2D eigenvalue weighted by molar-refractivity contribution is 0.493. The normalized spacial score (nSPS) is 13.3. The lowest BCUT2D eigenvalue weighted by Gasteiger charge is -2.04. The first-order valence-electron chi connectivity index (χ1n) is 7.39. The standard InChI is InChI=1S/C16H25O2P/c1-3-4-5-6-7-8-9-15-10-12-16(13-11-15)14(2)19(17)18/h10-14H,3-9H2,1-2H3/p+1. The minimum atomic E-state index is -2.12. The molecule has 2 atom stereocenters. The first-order valence-corrected chi connectivity index (χ1v) is 8.67. The Morgan fingerprint density at radius 2 is 1.63 bits per heavy atom. The third kappa shape index (κ3) is 6.31. The summed E-state index contributed by atoms with van der Waals surface area (Å²) in [6, 6.07) is 8.16. The van der Waals surface area contributed by atoms with E-state index in [0.717, 1.165) is 12.0 Å². The molecule has 106 valence electrons. The Labute approximate surface area is 118 Å². The predicted molar refractivity (Wildman–Crippen MR) is 81.8 cm³/mol. The van der Waals surface area contributed by atoms with Crippen LogP contribution in [0.4, 0.5) is 0 Å². The van der Waals surface area contributed by atoms with Crippen LogP contribution in [0.15, 0.2) is 24.3 Å². The molecule has 0 spiro atoms. The molecule has 1 aromatic carbocycles. The van der Waals surface area contributed by atoms with Crippen LogP contribution in [-0.2, 0) is 11.0 Å². The van der Waals surface area contributed by atoms with Crippen LogP contribution in [0.3, 0.4) is 0 Å². The molecule has 0 amide bonds. The van der Waals surface area contributed by atoms with Gasteiger partial charge in [-0.3, -0.25) is 0 Å². The molecule has 0 radical (unpaired) electrons. The Morgan fingerprint density at radius 1 is 1.05 bits per heavy atom. The van der Waals surface area contributed by atoms with Crippen LogP contribution in [-0.4, -0.2) is 4.89 Å². The first kappa shape index (κ1) is 16.3. The van der Waals surface area contributed by atoms with Gasteiger partial charge in [0.1, 0.15) is 0 Å². The van der Waals surface area contributed by atoms with Crippen molar-refractivity contribution in [2.45, 2.75) is 64.5 Å². The topological polar surface area (TPSA) is 37.3 Å². The van der Waals surface area contributed by atoms with E-state index in [1.54, 1.807) is 6.92 Å². The van der Waals surface area contributed by atoms with Gasteiger partial charge in [-0.1, -0.05) is 63.3 Å². The van der Waals surface area contributed by atoms with E-state index in [2.05, 4.69) is 19.1 Å². The number of benzene rings is 1. The molecule has 0 aliphatic heterocycles. The number of hydrogen-bond acceptors (Lipinski definition) is 1. The number of hydrogen-bond donors (Lipinski definition) is 1. The van der Waals surface area contributed by atoms with Gasteiger partial charge in [-0.25, -0.2) is 0 Å². The average molecular weight is 281 g/mol. The van der Waals surface area contributed by atoms with Crippen LogP contribution in [0.1, 0.15) is 69.2 Å². The molecule has 1 aromatic rings. The van der Waals surface area contributed by atoms with E-state index in [0.29, 0.717) is 0 Å². The van der Waals surface area contributed by atoms with Gasteiger partial charge >= 0.3 is 8.03 Å². The highest BCUT2D eigenvalue weighted by atomic mass is 31.1. The van der Waals surface area contributed by atoms with E-state index in [4.69, 9.17) is 4.89 Å². The maximum atomic E-state index is 11.0. The molecule has 0 saturated carbocycles. The number of unbranched alkanes of at least 4 members (excludes halogenated alkanes) is 5. The van der Waals surface area contributed by atoms with Crippen molar-refractivity contribution >= 4 is 8.03 Å². The third-order valence-corrected chi connectivity index (χ3v) is 4.57. The number of aryl methyl sites for hydroxylation is 1. The van der Waals surface area contributed by atoms with Gasteiger partial charge in [-0.05, 0) is 29.9 Å². The zero-order valence-electron chi connectivity index (χ0n) is 12.1. The summed E-state index contributed by atoms with van der Waals surface area (Å²) in [6.07, 6.45) is 9.02. The van der Waals surface area contributed by atoms with E-state index >= 15 is 0 Å². The maximum Gasteiger partial charge on any atom is 0.513 e. The summed E-state index contributed by atoms with van der Waals surface area (Å²) in [7, 11) is -2.12. The van der Waals surface area contributed by atoms with E-state index in [9.17, 15) is 4.57 Å². The van der Waals surface area contributed by atoms with Gasteiger partial charge in [-0.2, -0.15) is 4.89 Å². The predicted octanol–water partition coefficient (Wildman–Crippen LogP) is 5.39. The van der Waals surface area contributed by atoms with E-state index < -0.39 is 8.03 Å². The van der Waals surface area contributed by atoms with Gasteiger partial charge in [-0.15, -0.1) is 0 Å². The molecule has 19 heavy (non-hydrogen) atoms. The maximum absolute atomic E-state index is 11.0. The van der Waals surface area contributed by atoms with Gasteiger partial charge in [0.05, 0.1) is 0 Å². The van der Waals surface area contributed by atoms with E-state index in [-0.39, 0.29) is 5.66 Å². The van der Waals surface area contributed by atoms with Gasteiger partial charge in [0.25, 0.3) is 0 Å². The summed E-state index contributed by atoms with van der Waals surface area (Å²) >= 11 is 0. The van der Waals surface area contributed by atoms with E-state index in [1.807, 2.05) is 12.1 Å². The van der Waals surface area contributed by atoms with Gasteiger partial charge in [0, 0.05) is 5.56 Å². The molecule has 0 aromatic heterocycles. The van der Waals surface area contributed by atoms with Crippen LogP contribution in [0, 0.1) is 0 Å². The van der Waals surface area contributed by atoms with Crippen molar-refractivity contribution in [1.29, 1.82) is 0 Å². The molecule has 0 heterocycles. The highest BCUT2D eigenvalue weighted by molar-refractivity contribution is 7.38. The van der Waals surface area contributed by atoms with Gasteiger partial charge < -0.3 is 0 Å². The lowest BCUT2D eigenvalue weighted by atomic mass is 10.0.